The number of hydrogen-bond donors (Lipinski definition) is 0. The van der Waals surface area contributed by atoms with E-state index in [1.807, 2.05) is 0 Å². The predicted molar refractivity (Wildman–Crippen MR) is 207 cm³/mol. The zero-order valence-corrected chi connectivity index (χ0v) is 31.5. The van der Waals surface area contributed by atoms with Crippen LogP contribution in [0.15, 0.2) is 94.6 Å². The average Bonchev–Trinajstić information content (AvgIpc) is 3.11. The highest BCUT2D eigenvalue weighted by molar-refractivity contribution is 5.34. The molecular formula is C46H68N2. The minimum absolute atomic E-state index is 0.407. The third-order valence-corrected chi connectivity index (χ3v) is 13.2. The van der Waals surface area contributed by atoms with Crippen LogP contribution in [0.5, 0.6) is 0 Å². The lowest BCUT2D eigenvalue weighted by molar-refractivity contribution is 0.167. The van der Waals surface area contributed by atoms with Crippen LogP contribution in [0.3, 0.4) is 0 Å². The molecule has 2 nitrogen and oxygen atoms in total. The summed E-state index contributed by atoms with van der Waals surface area (Å²) in [5.74, 6) is 1.55. The van der Waals surface area contributed by atoms with Gasteiger partial charge < -0.3 is 9.80 Å². The van der Waals surface area contributed by atoms with Crippen LogP contribution in [0.25, 0.3) is 0 Å². The highest BCUT2D eigenvalue weighted by atomic mass is 15.2. The van der Waals surface area contributed by atoms with Crippen LogP contribution in [0.2, 0.25) is 0 Å². The molecule has 0 radical (unpaired) electrons. The Morgan fingerprint density at radius 2 is 1.65 bits per heavy atom. The van der Waals surface area contributed by atoms with Crippen molar-refractivity contribution in [1.82, 2.24) is 9.80 Å². The van der Waals surface area contributed by atoms with Crippen molar-refractivity contribution in [2.45, 2.75) is 175 Å². The molecule has 0 aliphatic heterocycles. The average molecular weight is 649 g/mol. The summed E-state index contributed by atoms with van der Waals surface area (Å²) in [5, 5.41) is 0. The summed E-state index contributed by atoms with van der Waals surface area (Å²) in [6.45, 7) is 11.7. The largest absolute Gasteiger partial charge is 0.365 e. The molecule has 0 aromatic heterocycles. The number of allylic oxidation sites excluding steroid dienone is 12. The van der Waals surface area contributed by atoms with Crippen LogP contribution < -0.4 is 0 Å². The van der Waals surface area contributed by atoms with Crippen LogP contribution in [-0.4, -0.2) is 27.9 Å². The van der Waals surface area contributed by atoms with E-state index in [0.29, 0.717) is 23.5 Å². The number of rotatable bonds is 11. The molecular weight excluding hydrogens is 581 g/mol. The summed E-state index contributed by atoms with van der Waals surface area (Å²) in [6, 6.07) is 1.69. The first-order valence-corrected chi connectivity index (χ1v) is 20.4. The molecule has 6 rings (SSSR count). The van der Waals surface area contributed by atoms with E-state index in [1.165, 1.54) is 121 Å². The van der Waals surface area contributed by atoms with Crippen LogP contribution in [0.1, 0.15) is 157 Å². The van der Waals surface area contributed by atoms with E-state index in [9.17, 15) is 0 Å². The molecule has 0 amide bonds. The van der Waals surface area contributed by atoms with Gasteiger partial charge in [0.25, 0.3) is 0 Å². The van der Waals surface area contributed by atoms with Gasteiger partial charge in [0.2, 0.25) is 0 Å². The predicted octanol–water partition coefficient (Wildman–Crippen LogP) is 13.1. The third kappa shape index (κ3) is 8.45. The summed E-state index contributed by atoms with van der Waals surface area (Å²) >= 11 is 0. The van der Waals surface area contributed by atoms with Crippen molar-refractivity contribution in [1.29, 1.82) is 0 Å². The van der Waals surface area contributed by atoms with E-state index >= 15 is 0 Å². The molecule has 2 unspecified atom stereocenters. The zero-order chi connectivity index (χ0) is 33.5. The van der Waals surface area contributed by atoms with Gasteiger partial charge in [0.05, 0.1) is 6.04 Å². The fourth-order valence-electron chi connectivity index (χ4n) is 10.0. The lowest BCUT2D eigenvalue weighted by Gasteiger charge is -2.45. The van der Waals surface area contributed by atoms with Crippen molar-refractivity contribution < 1.29 is 0 Å². The monoisotopic (exact) mass is 649 g/mol. The topological polar surface area (TPSA) is 6.48 Å². The second-order valence-corrected chi connectivity index (χ2v) is 16.8. The maximum absolute atomic E-state index is 2.90. The molecule has 6 aliphatic rings. The highest BCUT2D eigenvalue weighted by Crippen LogP contribution is 2.50. The van der Waals surface area contributed by atoms with Crippen molar-refractivity contribution in [3.8, 4) is 0 Å². The van der Waals surface area contributed by atoms with Crippen molar-refractivity contribution >= 4 is 0 Å². The molecule has 6 aliphatic carbocycles. The fourth-order valence-corrected chi connectivity index (χ4v) is 10.0. The normalized spacial score (nSPS) is 30.9. The fraction of sp³-hybridized carbons (Fsp3) is 0.652. The van der Waals surface area contributed by atoms with Gasteiger partial charge >= 0.3 is 0 Å². The Bertz CT molecular complexity index is 1350. The molecule has 0 saturated heterocycles. The van der Waals surface area contributed by atoms with Gasteiger partial charge in [-0.2, -0.15) is 0 Å². The highest BCUT2D eigenvalue weighted by Gasteiger charge is 2.37. The molecule has 262 valence electrons. The van der Waals surface area contributed by atoms with Crippen molar-refractivity contribution in [3.05, 3.63) is 94.6 Å². The first-order valence-electron chi connectivity index (χ1n) is 20.4. The Hall–Kier alpha value is -2.48. The molecule has 1 fully saturated rings. The van der Waals surface area contributed by atoms with E-state index in [0.717, 1.165) is 18.3 Å². The molecule has 5 atom stereocenters. The van der Waals surface area contributed by atoms with Gasteiger partial charge in [-0.1, -0.05) is 105 Å². The maximum Gasteiger partial charge on any atom is 0.0553 e. The first kappa shape index (κ1) is 35.3. The van der Waals surface area contributed by atoms with E-state index in [-0.39, 0.29) is 0 Å². The molecule has 0 N–H and O–H groups in total. The van der Waals surface area contributed by atoms with Crippen LogP contribution in [0.4, 0.5) is 0 Å². The van der Waals surface area contributed by atoms with E-state index in [1.54, 1.807) is 28.2 Å². The Kier molecular flexibility index (Phi) is 12.1. The smallest absolute Gasteiger partial charge is 0.0553 e. The lowest BCUT2D eigenvalue weighted by atomic mass is 9.64. The number of hydrogen-bond acceptors (Lipinski definition) is 2. The van der Waals surface area contributed by atoms with Gasteiger partial charge in [0.15, 0.2) is 0 Å². The van der Waals surface area contributed by atoms with Gasteiger partial charge in [-0.25, -0.2) is 0 Å². The summed E-state index contributed by atoms with van der Waals surface area (Å²) in [6.07, 6.45) is 49.9. The van der Waals surface area contributed by atoms with Crippen molar-refractivity contribution in [2.24, 2.45) is 17.3 Å². The standard InChI is InChI=1S/C46H68N2/c1-6-40(47(41-22-12-35(2)13-23-41)42-24-14-36(3)15-25-42)11-10-34-46(32-8-7-9-33-46)39-20-30-45(31-21-39)48(43-26-16-37(4)17-27-43)44-28-18-38(5)19-29-44/h6,12,14,16-17,20,22,26,28,30,35,38,41-43H,7-11,13,15,18-19,21,23-25,27,29,31-34H2,1-5H3/b40-6+/t35-,38?,41+,42?,43+/m1/s1. The van der Waals surface area contributed by atoms with E-state index in [4.69, 9.17) is 0 Å². The SMILES string of the molecule is C/C=C(\CCCC1(C2=CC=C(N(C3=CCC(C)CC3)[C@H]3C=CC(C)=CC3)CC2)CCCCC1)N(C1CC=C(C)CC1)[C@H]1C=C[C@@H](C)CC1. The molecule has 2 heteroatoms. The van der Waals surface area contributed by atoms with Gasteiger partial charge in [0, 0.05) is 29.2 Å². The first-order chi connectivity index (χ1) is 23.3. The molecule has 1 saturated carbocycles. The van der Waals surface area contributed by atoms with Gasteiger partial charge in [-0.15, -0.1) is 0 Å². The molecule has 0 spiro atoms. The molecule has 48 heavy (non-hydrogen) atoms. The summed E-state index contributed by atoms with van der Waals surface area (Å²) in [4.78, 5) is 5.67. The van der Waals surface area contributed by atoms with E-state index < -0.39 is 0 Å². The lowest BCUT2D eigenvalue weighted by Crippen LogP contribution is -2.43. The zero-order valence-electron chi connectivity index (χ0n) is 31.5. The molecule has 0 bridgehead atoms. The Morgan fingerprint density at radius 1 is 0.792 bits per heavy atom. The van der Waals surface area contributed by atoms with Crippen molar-refractivity contribution in [3.63, 3.8) is 0 Å². The third-order valence-electron chi connectivity index (χ3n) is 13.2. The Labute approximate surface area is 295 Å². The molecule has 0 aromatic rings. The Balaban J connectivity index is 1.19. The Morgan fingerprint density at radius 3 is 2.27 bits per heavy atom. The molecule has 0 heterocycles. The van der Waals surface area contributed by atoms with E-state index in [2.05, 4.69) is 105 Å². The van der Waals surface area contributed by atoms with Crippen LogP contribution >= 0.6 is 0 Å². The quantitative estimate of drug-likeness (QED) is 0.206. The van der Waals surface area contributed by atoms with Gasteiger partial charge in [-0.05, 0) is 147 Å². The second-order valence-electron chi connectivity index (χ2n) is 16.8. The van der Waals surface area contributed by atoms with Crippen LogP contribution in [0, 0.1) is 17.3 Å². The second kappa shape index (κ2) is 16.5. The van der Waals surface area contributed by atoms with Crippen LogP contribution in [-0.2, 0) is 0 Å². The summed E-state index contributed by atoms with van der Waals surface area (Å²) in [7, 11) is 0. The minimum Gasteiger partial charge on any atom is -0.365 e. The number of nitrogens with zero attached hydrogens (tertiary/aromatic N) is 2. The summed E-state index contributed by atoms with van der Waals surface area (Å²) < 4.78 is 0. The van der Waals surface area contributed by atoms with Gasteiger partial charge in [0.1, 0.15) is 0 Å². The minimum atomic E-state index is 0.407. The summed E-state index contributed by atoms with van der Waals surface area (Å²) in [5.41, 5.74) is 9.96. The van der Waals surface area contributed by atoms with Crippen molar-refractivity contribution in [2.75, 3.05) is 0 Å². The maximum atomic E-state index is 2.90. The molecule has 0 aromatic carbocycles. The van der Waals surface area contributed by atoms with Gasteiger partial charge in [-0.3, -0.25) is 0 Å².